The van der Waals surface area contributed by atoms with E-state index in [1.807, 2.05) is 12.1 Å². The molecule has 0 unspecified atom stereocenters. The third kappa shape index (κ3) is 3.15. The average Bonchev–Trinajstić information content (AvgIpc) is 2.68. The van der Waals surface area contributed by atoms with E-state index in [0.29, 0.717) is 27.5 Å². The first kappa shape index (κ1) is 17.2. The topological polar surface area (TPSA) is 59.7 Å². The minimum Gasteiger partial charge on any atom is -0.508 e. The molecular weight excluding hydrogens is 364 g/mol. The van der Waals surface area contributed by atoms with Crippen LogP contribution in [0.3, 0.4) is 0 Å². The molecule has 0 saturated heterocycles. The number of ether oxygens (including phenoxy) is 1. The highest BCUT2D eigenvalue weighted by Gasteiger charge is 2.18. The molecule has 0 aliphatic rings. The largest absolute Gasteiger partial charge is 0.508 e. The summed E-state index contributed by atoms with van der Waals surface area (Å²) in [6.07, 6.45) is 0. The summed E-state index contributed by atoms with van der Waals surface area (Å²) in [4.78, 5) is 12.9. The van der Waals surface area contributed by atoms with Crippen LogP contribution in [0.25, 0.3) is 33.2 Å². The zero-order valence-corrected chi connectivity index (χ0v) is 15.2. The summed E-state index contributed by atoms with van der Waals surface area (Å²) in [7, 11) is 1.56. The lowest BCUT2D eigenvalue weighted by Crippen LogP contribution is -2.06. The number of methoxy groups -OCH3 is 1. The Balaban J connectivity index is 2.11. The van der Waals surface area contributed by atoms with Crippen molar-refractivity contribution in [2.45, 2.75) is 0 Å². The Bertz CT molecular complexity index is 1180. The molecule has 0 aliphatic heterocycles. The summed E-state index contributed by atoms with van der Waals surface area (Å²) >= 11 is 6.00. The molecule has 0 spiro atoms. The summed E-state index contributed by atoms with van der Waals surface area (Å²) in [5.41, 5.74) is 2.64. The van der Waals surface area contributed by atoms with Gasteiger partial charge in [0.1, 0.15) is 17.1 Å². The number of fused-ring (bicyclic) bond motifs is 1. The molecule has 27 heavy (non-hydrogen) atoms. The maximum atomic E-state index is 12.9. The molecule has 1 aromatic heterocycles. The van der Waals surface area contributed by atoms with Crippen LogP contribution >= 0.6 is 11.6 Å². The van der Waals surface area contributed by atoms with Gasteiger partial charge in [0.15, 0.2) is 0 Å². The molecule has 1 N–H and O–H groups in total. The van der Waals surface area contributed by atoms with Crippen LogP contribution in [0.5, 0.6) is 11.5 Å². The second-order valence-corrected chi connectivity index (χ2v) is 6.49. The Morgan fingerprint density at radius 1 is 0.889 bits per heavy atom. The Hall–Kier alpha value is -3.24. The van der Waals surface area contributed by atoms with Crippen molar-refractivity contribution in [1.29, 1.82) is 0 Å². The van der Waals surface area contributed by atoms with Crippen molar-refractivity contribution in [2.24, 2.45) is 0 Å². The van der Waals surface area contributed by atoms with Crippen LogP contribution in [-0.2, 0) is 0 Å². The van der Waals surface area contributed by atoms with Gasteiger partial charge >= 0.3 is 5.63 Å². The first-order valence-corrected chi connectivity index (χ1v) is 8.65. The number of phenolic OH excluding ortho intramolecular Hbond substituents is 1. The van der Waals surface area contributed by atoms with Crippen LogP contribution in [-0.4, -0.2) is 12.2 Å². The molecule has 4 aromatic rings. The Morgan fingerprint density at radius 3 is 2.19 bits per heavy atom. The molecular formula is C22H15ClO4. The maximum absolute atomic E-state index is 12.9. The van der Waals surface area contributed by atoms with Gasteiger partial charge in [-0.25, -0.2) is 4.79 Å². The Labute approximate surface area is 160 Å². The van der Waals surface area contributed by atoms with Crippen LogP contribution < -0.4 is 10.4 Å². The van der Waals surface area contributed by atoms with Crippen molar-refractivity contribution >= 4 is 22.6 Å². The molecule has 3 aromatic carbocycles. The van der Waals surface area contributed by atoms with Crippen molar-refractivity contribution in [3.05, 3.63) is 82.2 Å². The van der Waals surface area contributed by atoms with Gasteiger partial charge in [0.25, 0.3) is 0 Å². The van der Waals surface area contributed by atoms with Gasteiger partial charge in [0.2, 0.25) is 0 Å². The van der Waals surface area contributed by atoms with E-state index in [4.69, 9.17) is 20.8 Å². The number of hydrogen-bond acceptors (Lipinski definition) is 4. The lowest BCUT2D eigenvalue weighted by atomic mass is 9.93. The highest BCUT2D eigenvalue weighted by Crippen LogP contribution is 2.37. The van der Waals surface area contributed by atoms with Crippen LogP contribution in [0.1, 0.15) is 0 Å². The van der Waals surface area contributed by atoms with E-state index in [0.717, 1.165) is 16.5 Å². The van der Waals surface area contributed by atoms with Gasteiger partial charge < -0.3 is 14.3 Å². The molecule has 5 heteroatoms. The van der Waals surface area contributed by atoms with Gasteiger partial charge in [-0.1, -0.05) is 35.9 Å². The van der Waals surface area contributed by atoms with Crippen molar-refractivity contribution in [3.8, 4) is 33.8 Å². The van der Waals surface area contributed by atoms with E-state index < -0.39 is 5.63 Å². The fourth-order valence-electron chi connectivity index (χ4n) is 3.11. The normalized spacial score (nSPS) is 10.9. The number of aromatic hydroxyl groups is 1. The zero-order chi connectivity index (χ0) is 19.0. The summed E-state index contributed by atoms with van der Waals surface area (Å²) in [6.45, 7) is 0. The fraction of sp³-hybridized carbons (Fsp3) is 0.0455. The second-order valence-electron chi connectivity index (χ2n) is 6.06. The highest BCUT2D eigenvalue weighted by atomic mass is 35.5. The van der Waals surface area contributed by atoms with Gasteiger partial charge in [0, 0.05) is 22.0 Å². The molecule has 0 fully saturated rings. The number of rotatable bonds is 3. The van der Waals surface area contributed by atoms with Crippen LogP contribution in [0.2, 0.25) is 5.02 Å². The Morgan fingerprint density at radius 2 is 1.52 bits per heavy atom. The predicted octanol–water partition coefficient (Wildman–Crippen LogP) is 5.49. The van der Waals surface area contributed by atoms with E-state index in [1.165, 1.54) is 0 Å². The molecule has 1 heterocycles. The first-order valence-electron chi connectivity index (χ1n) is 8.27. The smallest absolute Gasteiger partial charge is 0.344 e. The van der Waals surface area contributed by atoms with Gasteiger partial charge in [-0.15, -0.1) is 0 Å². The minimum absolute atomic E-state index is 0.153. The molecule has 0 amide bonds. The standard InChI is InChI=1S/C22H15ClO4/c1-26-17-10-11-18-19(12-17)27-22(25)21(14-2-6-15(23)7-3-14)20(18)13-4-8-16(24)9-5-13/h2-12,24H,1H3. The molecule has 134 valence electrons. The van der Waals surface area contributed by atoms with Gasteiger partial charge in [-0.3, -0.25) is 0 Å². The summed E-state index contributed by atoms with van der Waals surface area (Å²) < 4.78 is 10.8. The maximum Gasteiger partial charge on any atom is 0.344 e. The van der Waals surface area contributed by atoms with Crippen molar-refractivity contribution in [1.82, 2.24) is 0 Å². The average molecular weight is 379 g/mol. The molecule has 4 nitrogen and oxygen atoms in total. The fourth-order valence-corrected chi connectivity index (χ4v) is 3.24. The highest BCUT2D eigenvalue weighted by molar-refractivity contribution is 6.30. The quantitative estimate of drug-likeness (QED) is 0.478. The van der Waals surface area contributed by atoms with Gasteiger partial charge in [-0.2, -0.15) is 0 Å². The molecule has 0 bridgehead atoms. The molecule has 0 atom stereocenters. The second kappa shape index (κ2) is 6.82. The van der Waals surface area contributed by atoms with E-state index in [2.05, 4.69) is 0 Å². The van der Waals surface area contributed by atoms with Crippen LogP contribution in [0, 0.1) is 0 Å². The Kier molecular flexibility index (Phi) is 4.34. The van der Waals surface area contributed by atoms with E-state index in [1.54, 1.807) is 61.7 Å². The molecule has 0 aliphatic carbocycles. The zero-order valence-electron chi connectivity index (χ0n) is 14.4. The number of hydrogen-bond donors (Lipinski definition) is 1. The number of halogens is 1. The molecule has 0 saturated carbocycles. The van der Waals surface area contributed by atoms with Crippen LogP contribution in [0.4, 0.5) is 0 Å². The minimum atomic E-state index is -0.457. The predicted molar refractivity (Wildman–Crippen MR) is 107 cm³/mol. The van der Waals surface area contributed by atoms with E-state index in [-0.39, 0.29) is 5.75 Å². The van der Waals surface area contributed by atoms with Gasteiger partial charge in [0.05, 0.1) is 12.7 Å². The summed E-state index contributed by atoms with van der Waals surface area (Å²) in [6, 6.07) is 19.1. The number of phenols is 1. The van der Waals surface area contributed by atoms with Crippen molar-refractivity contribution in [3.63, 3.8) is 0 Å². The van der Waals surface area contributed by atoms with Gasteiger partial charge in [-0.05, 0) is 47.5 Å². The SMILES string of the molecule is COc1ccc2c(-c3ccc(O)cc3)c(-c3ccc(Cl)cc3)c(=O)oc2c1. The first-order chi connectivity index (χ1) is 13.1. The third-order valence-electron chi connectivity index (χ3n) is 4.40. The number of benzene rings is 3. The summed E-state index contributed by atoms with van der Waals surface area (Å²) in [5, 5.41) is 11.0. The van der Waals surface area contributed by atoms with E-state index in [9.17, 15) is 9.90 Å². The third-order valence-corrected chi connectivity index (χ3v) is 4.66. The van der Waals surface area contributed by atoms with Crippen molar-refractivity contribution in [2.75, 3.05) is 7.11 Å². The summed E-state index contributed by atoms with van der Waals surface area (Å²) in [5.74, 6) is 0.752. The van der Waals surface area contributed by atoms with Crippen LogP contribution in [0.15, 0.2) is 75.9 Å². The van der Waals surface area contributed by atoms with Crippen molar-refractivity contribution < 1.29 is 14.3 Å². The molecule has 4 rings (SSSR count). The monoisotopic (exact) mass is 378 g/mol. The lowest BCUT2D eigenvalue weighted by molar-refractivity contribution is 0.414. The lowest BCUT2D eigenvalue weighted by Gasteiger charge is -2.13. The van der Waals surface area contributed by atoms with E-state index >= 15 is 0 Å². The molecule has 0 radical (unpaired) electrons.